The minimum atomic E-state index is -0.451. The lowest BCUT2D eigenvalue weighted by atomic mass is 10.1. The van der Waals surface area contributed by atoms with Crippen LogP contribution in [0.3, 0.4) is 0 Å². The molecular weight excluding hydrogens is 204 g/mol. The first kappa shape index (κ1) is 13.0. The number of hydrogen-bond donors (Lipinski definition) is 1. The molecule has 0 aromatic heterocycles. The lowest BCUT2D eigenvalue weighted by Gasteiger charge is -2.40. The van der Waals surface area contributed by atoms with Crippen LogP contribution in [0.2, 0.25) is 0 Å². The number of amides is 1. The number of hydrogen-bond acceptors (Lipinski definition) is 3. The third-order valence-corrected chi connectivity index (χ3v) is 2.50. The molecule has 1 N–H and O–H groups in total. The van der Waals surface area contributed by atoms with Crippen molar-refractivity contribution in [3.05, 3.63) is 12.7 Å². The molecule has 4 heteroatoms. The van der Waals surface area contributed by atoms with Gasteiger partial charge in [-0.25, -0.2) is 4.79 Å². The molecule has 4 nitrogen and oxygen atoms in total. The van der Waals surface area contributed by atoms with Crippen LogP contribution in [0, 0.1) is 0 Å². The molecule has 1 fully saturated rings. The maximum atomic E-state index is 12.0. The molecule has 0 bridgehead atoms. The summed E-state index contributed by atoms with van der Waals surface area (Å²) in [5.41, 5.74) is -0.451. The van der Waals surface area contributed by atoms with E-state index in [4.69, 9.17) is 4.74 Å². The van der Waals surface area contributed by atoms with Crippen LogP contribution in [0.1, 0.15) is 27.7 Å². The van der Waals surface area contributed by atoms with Crippen molar-refractivity contribution in [1.82, 2.24) is 10.2 Å². The van der Waals surface area contributed by atoms with Crippen molar-refractivity contribution in [3.63, 3.8) is 0 Å². The number of rotatable bonds is 1. The van der Waals surface area contributed by atoms with Crippen molar-refractivity contribution in [3.8, 4) is 0 Å². The standard InChI is InChI=1S/C12H22N2O2/c1-6-10-8-13-7-9(2)14(10)11(15)16-12(3,4)5/h6,9-10,13H,1,7-8H2,2-5H3/t9-,10+/m0/s1. The number of carbonyl (C=O) groups excluding carboxylic acids is 1. The predicted molar refractivity (Wildman–Crippen MR) is 64.4 cm³/mol. The fraction of sp³-hybridized carbons (Fsp3) is 0.750. The summed E-state index contributed by atoms with van der Waals surface area (Å²) in [5.74, 6) is 0. The minimum Gasteiger partial charge on any atom is -0.444 e. The van der Waals surface area contributed by atoms with Crippen LogP contribution in [0.25, 0.3) is 0 Å². The third kappa shape index (κ3) is 3.23. The fourth-order valence-electron chi connectivity index (χ4n) is 1.79. The van der Waals surface area contributed by atoms with Crippen LogP contribution in [-0.4, -0.2) is 41.8 Å². The Labute approximate surface area is 97.6 Å². The highest BCUT2D eigenvalue weighted by Crippen LogP contribution is 2.16. The molecule has 0 aromatic carbocycles. The minimum absolute atomic E-state index is 0.0126. The van der Waals surface area contributed by atoms with E-state index in [9.17, 15) is 4.79 Å². The highest BCUT2D eigenvalue weighted by atomic mass is 16.6. The topological polar surface area (TPSA) is 41.6 Å². The molecule has 0 saturated carbocycles. The van der Waals surface area contributed by atoms with Crippen molar-refractivity contribution >= 4 is 6.09 Å². The Balaban J connectivity index is 2.73. The summed E-state index contributed by atoms with van der Waals surface area (Å²) in [7, 11) is 0. The Morgan fingerprint density at radius 1 is 1.50 bits per heavy atom. The lowest BCUT2D eigenvalue weighted by molar-refractivity contribution is 0.00639. The highest BCUT2D eigenvalue weighted by molar-refractivity contribution is 5.69. The summed E-state index contributed by atoms with van der Waals surface area (Å²) in [6, 6.07) is 0.144. The van der Waals surface area contributed by atoms with Gasteiger partial charge < -0.3 is 10.1 Å². The Kier molecular flexibility index (Phi) is 3.97. The maximum absolute atomic E-state index is 12.0. The molecule has 1 aliphatic heterocycles. The molecule has 1 rings (SSSR count). The Bertz CT molecular complexity index is 271. The van der Waals surface area contributed by atoms with E-state index in [2.05, 4.69) is 11.9 Å². The van der Waals surface area contributed by atoms with Gasteiger partial charge in [0.25, 0.3) is 0 Å². The van der Waals surface area contributed by atoms with Crippen LogP contribution in [0.4, 0.5) is 4.79 Å². The van der Waals surface area contributed by atoms with Crippen LogP contribution in [-0.2, 0) is 4.74 Å². The Morgan fingerprint density at radius 2 is 2.12 bits per heavy atom. The second-order valence-electron chi connectivity index (χ2n) is 5.20. The van der Waals surface area contributed by atoms with Gasteiger partial charge in [-0.1, -0.05) is 6.08 Å². The van der Waals surface area contributed by atoms with Crippen molar-refractivity contribution in [2.45, 2.75) is 45.4 Å². The van der Waals surface area contributed by atoms with Gasteiger partial charge in [0.2, 0.25) is 0 Å². The van der Waals surface area contributed by atoms with E-state index in [1.165, 1.54) is 0 Å². The smallest absolute Gasteiger partial charge is 0.411 e. The van der Waals surface area contributed by atoms with Crippen LogP contribution >= 0.6 is 0 Å². The van der Waals surface area contributed by atoms with Gasteiger partial charge >= 0.3 is 6.09 Å². The molecule has 1 heterocycles. The summed E-state index contributed by atoms with van der Waals surface area (Å²) < 4.78 is 5.39. The summed E-state index contributed by atoms with van der Waals surface area (Å²) in [6.07, 6.45) is 1.53. The summed E-state index contributed by atoms with van der Waals surface area (Å²) in [5, 5.41) is 3.26. The van der Waals surface area contributed by atoms with Gasteiger partial charge in [0, 0.05) is 19.1 Å². The van der Waals surface area contributed by atoms with Gasteiger partial charge in [0.05, 0.1) is 6.04 Å². The highest BCUT2D eigenvalue weighted by Gasteiger charge is 2.32. The number of carbonyl (C=O) groups is 1. The Morgan fingerprint density at radius 3 is 2.62 bits per heavy atom. The molecule has 1 aliphatic rings. The molecular formula is C12H22N2O2. The summed E-state index contributed by atoms with van der Waals surface area (Å²) in [6.45, 7) is 12.9. The molecule has 92 valence electrons. The van der Waals surface area contributed by atoms with E-state index in [-0.39, 0.29) is 18.2 Å². The van der Waals surface area contributed by atoms with Crippen molar-refractivity contribution < 1.29 is 9.53 Å². The molecule has 0 radical (unpaired) electrons. The predicted octanol–water partition coefficient (Wildman–Crippen LogP) is 1.77. The van der Waals surface area contributed by atoms with Crippen LogP contribution in [0.15, 0.2) is 12.7 Å². The van der Waals surface area contributed by atoms with Gasteiger partial charge in [-0.05, 0) is 27.7 Å². The van der Waals surface area contributed by atoms with E-state index in [0.717, 1.165) is 13.1 Å². The lowest BCUT2D eigenvalue weighted by Crippen LogP contribution is -2.58. The number of ether oxygens (including phenoxy) is 1. The third-order valence-electron chi connectivity index (χ3n) is 2.50. The summed E-state index contributed by atoms with van der Waals surface area (Å²) >= 11 is 0. The van der Waals surface area contributed by atoms with E-state index >= 15 is 0 Å². The molecule has 0 spiro atoms. The second kappa shape index (κ2) is 4.87. The van der Waals surface area contributed by atoms with Gasteiger partial charge in [-0.3, -0.25) is 4.90 Å². The fourth-order valence-corrected chi connectivity index (χ4v) is 1.79. The van der Waals surface area contributed by atoms with Crippen LogP contribution in [0.5, 0.6) is 0 Å². The van der Waals surface area contributed by atoms with E-state index in [1.54, 1.807) is 11.0 Å². The molecule has 2 atom stereocenters. The zero-order valence-electron chi connectivity index (χ0n) is 10.6. The van der Waals surface area contributed by atoms with Gasteiger partial charge in [0.1, 0.15) is 5.60 Å². The molecule has 0 unspecified atom stereocenters. The molecule has 16 heavy (non-hydrogen) atoms. The van der Waals surface area contributed by atoms with E-state index < -0.39 is 5.60 Å². The van der Waals surface area contributed by atoms with Crippen LogP contribution < -0.4 is 5.32 Å². The van der Waals surface area contributed by atoms with Gasteiger partial charge in [0.15, 0.2) is 0 Å². The first-order chi connectivity index (χ1) is 7.35. The second-order valence-corrected chi connectivity index (χ2v) is 5.20. The average molecular weight is 226 g/mol. The average Bonchev–Trinajstić information content (AvgIpc) is 2.14. The Hall–Kier alpha value is -1.03. The van der Waals surface area contributed by atoms with Crippen molar-refractivity contribution in [1.29, 1.82) is 0 Å². The zero-order chi connectivity index (χ0) is 12.3. The number of nitrogens with one attached hydrogen (secondary N) is 1. The van der Waals surface area contributed by atoms with E-state index in [0.29, 0.717) is 0 Å². The molecule has 0 aliphatic carbocycles. The van der Waals surface area contributed by atoms with Crippen molar-refractivity contribution in [2.24, 2.45) is 0 Å². The zero-order valence-corrected chi connectivity index (χ0v) is 10.6. The molecule has 1 amide bonds. The molecule has 0 aromatic rings. The normalized spacial score (nSPS) is 26.4. The quantitative estimate of drug-likeness (QED) is 0.693. The number of nitrogens with zero attached hydrogens (tertiary/aromatic N) is 1. The summed E-state index contributed by atoms with van der Waals surface area (Å²) in [4.78, 5) is 13.8. The number of piperazine rings is 1. The SMILES string of the molecule is C=C[C@@H]1CNC[C@H](C)N1C(=O)OC(C)(C)C. The first-order valence-corrected chi connectivity index (χ1v) is 5.69. The first-order valence-electron chi connectivity index (χ1n) is 5.69. The maximum Gasteiger partial charge on any atom is 0.411 e. The van der Waals surface area contributed by atoms with Gasteiger partial charge in [-0.15, -0.1) is 6.58 Å². The monoisotopic (exact) mass is 226 g/mol. The van der Waals surface area contributed by atoms with E-state index in [1.807, 2.05) is 27.7 Å². The largest absolute Gasteiger partial charge is 0.444 e. The van der Waals surface area contributed by atoms with Crippen molar-refractivity contribution in [2.75, 3.05) is 13.1 Å². The van der Waals surface area contributed by atoms with Gasteiger partial charge in [-0.2, -0.15) is 0 Å². The molecule has 1 saturated heterocycles.